The van der Waals surface area contributed by atoms with Crippen LogP contribution >= 0.6 is 0 Å². The van der Waals surface area contributed by atoms with E-state index in [9.17, 15) is 4.39 Å². The van der Waals surface area contributed by atoms with Crippen LogP contribution < -0.4 is 15.5 Å². The lowest BCUT2D eigenvalue weighted by Gasteiger charge is -2.34. The van der Waals surface area contributed by atoms with Gasteiger partial charge in [0.1, 0.15) is 17.7 Å². The van der Waals surface area contributed by atoms with E-state index < -0.39 is 0 Å². The van der Waals surface area contributed by atoms with Crippen molar-refractivity contribution >= 4 is 11.8 Å². The Morgan fingerprint density at radius 1 is 1.23 bits per heavy atom. The lowest BCUT2D eigenvalue weighted by molar-refractivity contribution is 0.111. The number of benzene rings is 1. The van der Waals surface area contributed by atoms with Crippen LogP contribution in [-0.2, 0) is 4.74 Å². The molecule has 7 heteroatoms. The summed E-state index contributed by atoms with van der Waals surface area (Å²) in [4.78, 5) is 11.6. The number of hydrogen-bond acceptors (Lipinski definition) is 4. The van der Waals surface area contributed by atoms with Crippen molar-refractivity contribution in [2.24, 2.45) is 4.99 Å². The average molecular weight is 414 g/mol. The number of pyridine rings is 1. The van der Waals surface area contributed by atoms with Crippen molar-refractivity contribution in [3.63, 3.8) is 0 Å². The summed E-state index contributed by atoms with van der Waals surface area (Å²) in [5.74, 6) is 1.58. The van der Waals surface area contributed by atoms with Crippen LogP contribution in [0.25, 0.3) is 0 Å². The van der Waals surface area contributed by atoms with Crippen molar-refractivity contribution in [2.45, 2.75) is 38.8 Å². The number of guanidine groups is 1. The number of aryl methyl sites for hydroxylation is 1. The summed E-state index contributed by atoms with van der Waals surface area (Å²) in [7, 11) is 1.65. The van der Waals surface area contributed by atoms with E-state index in [1.807, 2.05) is 6.20 Å². The molecule has 6 nitrogen and oxygen atoms in total. The second-order valence-corrected chi connectivity index (χ2v) is 7.59. The Bertz CT molecular complexity index is 801. The molecule has 1 unspecified atom stereocenters. The van der Waals surface area contributed by atoms with E-state index in [0.29, 0.717) is 12.6 Å². The first-order valence-electron chi connectivity index (χ1n) is 10.6. The predicted octanol–water partition coefficient (Wildman–Crippen LogP) is 3.44. The Morgan fingerprint density at radius 3 is 2.57 bits per heavy atom. The van der Waals surface area contributed by atoms with Gasteiger partial charge in [0.05, 0.1) is 6.54 Å². The maximum absolute atomic E-state index is 13.2. The minimum atomic E-state index is -0.251. The van der Waals surface area contributed by atoms with Gasteiger partial charge >= 0.3 is 0 Å². The van der Waals surface area contributed by atoms with Gasteiger partial charge in [0.2, 0.25) is 0 Å². The smallest absolute Gasteiger partial charge is 0.191 e. The minimum absolute atomic E-state index is 0.212. The number of aliphatic imine (C=N–C) groups is 1. The predicted molar refractivity (Wildman–Crippen MR) is 119 cm³/mol. The number of ether oxygens (including phenoxy) is 1. The molecule has 0 saturated carbocycles. The largest absolute Gasteiger partial charge is 0.375 e. The zero-order chi connectivity index (χ0) is 21.3. The highest BCUT2D eigenvalue weighted by atomic mass is 19.1. The lowest BCUT2D eigenvalue weighted by atomic mass is 10.1. The molecule has 1 aromatic carbocycles. The average Bonchev–Trinajstić information content (AvgIpc) is 2.76. The third kappa shape index (κ3) is 6.16. The molecular formula is C23H32FN5O. The van der Waals surface area contributed by atoms with Crippen LogP contribution in [0.2, 0.25) is 0 Å². The summed E-state index contributed by atoms with van der Waals surface area (Å²) in [5.41, 5.74) is 2.09. The molecule has 2 N–H and O–H groups in total. The van der Waals surface area contributed by atoms with Crippen molar-refractivity contribution in [1.82, 2.24) is 15.6 Å². The molecule has 0 amide bonds. The fourth-order valence-corrected chi connectivity index (χ4v) is 3.58. The molecule has 162 valence electrons. The van der Waals surface area contributed by atoms with E-state index in [2.05, 4.69) is 46.5 Å². The fourth-order valence-electron chi connectivity index (χ4n) is 3.58. The van der Waals surface area contributed by atoms with E-state index >= 15 is 0 Å². The Hall–Kier alpha value is -2.67. The lowest BCUT2D eigenvalue weighted by Crippen LogP contribution is -2.49. The molecule has 0 bridgehead atoms. The molecule has 2 heterocycles. The normalized spacial score (nSPS) is 16.4. The summed E-state index contributed by atoms with van der Waals surface area (Å²) in [6.45, 7) is 7.28. The molecule has 30 heavy (non-hydrogen) atoms. The van der Waals surface area contributed by atoms with Crippen molar-refractivity contribution < 1.29 is 9.13 Å². The van der Waals surface area contributed by atoms with E-state index in [-0.39, 0.29) is 11.9 Å². The van der Waals surface area contributed by atoms with Gasteiger partial charge in [0.25, 0.3) is 0 Å². The molecule has 1 atom stereocenters. The molecule has 1 aliphatic rings. The number of anilines is 1. The summed E-state index contributed by atoms with van der Waals surface area (Å²) < 4.78 is 18.8. The maximum atomic E-state index is 13.2. The van der Waals surface area contributed by atoms with Gasteiger partial charge in [-0.25, -0.2) is 9.37 Å². The van der Waals surface area contributed by atoms with Gasteiger partial charge in [0, 0.05) is 39.0 Å². The SMILES string of the molecule is CCNC(=NCC(OC)c1ccc(F)cc1)NC1CCN(c2ccc(C)cn2)CC1. The fraction of sp³-hybridized carbons (Fsp3) is 0.478. The molecular weight excluding hydrogens is 381 g/mol. The number of piperidine rings is 1. The zero-order valence-corrected chi connectivity index (χ0v) is 18.1. The number of nitrogens with zero attached hydrogens (tertiary/aromatic N) is 3. The number of nitrogens with one attached hydrogen (secondary N) is 2. The van der Waals surface area contributed by atoms with Gasteiger partial charge in [-0.2, -0.15) is 0 Å². The van der Waals surface area contributed by atoms with E-state index in [0.717, 1.165) is 49.8 Å². The van der Waals surface area contributed by atoms with Gasteiger partial charge in [-0.1, -0.05) is 18.2 Å². The molecule has 3 rings (SSSR count). The molecule has 1 saturated heterocycles. The van der Waals surface area contributed by atoms with Crippen molar-refractivity contribution in [1.29, 1.82) is 0 Å². The first kappa shape index (κ1) is 22.0. The van der Waals surface area contributed by atoms with Gasteiger partial charge in [0.15, 0.2) is 5.96 Å². The second-order valence-electron chi connectivity index (χ2n) is 7.59. The number of rotatable bonds is 7. The molecule has 1 aromatic heterocycles. The molecule has 0 radical (unpaired) electrons. The van der Waals surface area contributed by atoms with Gasteiger partial charge in [-0.3, -0.25) is 4.99 Å². The molecule has 1 fully saturated rings. The van der Waals surface area contributed by atoms with E-state index in [1.165, 1.54) is 17.7 Å². The Morgan fingerprint density at radius 2 is 1.97 bits per heavy atom. The highest BCUT2D eigenvalue weighted by Crippen LogP contribution is 2.19. The van der Waals surface area contributed by atoms with Crippen LogP contribution in [0.1, 0.15) is 37.0 Å². The number of halogens is 1. The van der Waals surface area contributed by atoms with Crippen LogP contribution in [0.4, 0.5) is 10.2 Å². The summed E-state index contributed by atoms with van der Waals surface area (Å²) in [5, 5.41) is 6.87. The van der Waals surface area contributed by atoms with E-state index in [4.69, 9.17) is 9.73 Å². The van der Waals surface area contributed by atoms with Gasteiger partial charge < -0.3 is 20.3 Å². The maximum Gasteiger partial charge on any atom is 0.191 e. The number of methoxy groups -OCH3 is 1. The highest BCUT2D eigenvalue weighted by molar-refractivity contribution is 5.80. The Balaban J connectivity index is 1.55. The third-order valence-corrected chi connectivity index (χ3v) is 5.34. The van der Waals surface area contributed by atoms with Crippen LogP contribution in [0.5, 0.6) is 0 Å². The Kier molecular flexibility index (Phi) is 8.02. The van der Waals surface area contributed by atoms with E-state index in [1.54, 1.807) is 19.2 Å². The summed E-state index contributed by atoms with van der Waals surface area (Å²) in [6, 6.07) is 10.9. The van der Waals surface area contributed by atoms with Crippen LogP contribution in [0.3, 0.4) is 0 Å². The van der Waals surface area contributed by atoms with Crippen LogP contribution in [0.15, 0.2) is 47.6 Å². The number of aromatic nitrogens is 1. The minimum Gasteiger partial charge on any atom is -0.375 e. The second kappa shape index (κ2) is 10.9. The number of hydrogen-bond donors (Lipinski definition) is 2. The molecule has 0 aliphatic carbocycles. The van der Waals surface area contributed by atoms with Gasteiger partial charge in [-0.15, -0.1) is 0 Å². The molecule has 2 aromatic rings. The summed E-state index contributed by atoms with van der Waals surface area (Å²) >= 11 is 0. The van der Waals surface area contributed by atoms with Crippen LogP contribution in [-0.4, -0.2) is 50.3 Å². The van der Waals surface area contributed by atoms with Crippen molar-refractivity contribution in [3.8, 4) is 0 Å². The quantitative estimate of drug-likeness (QED) is 0.538. The summed E-state index contributed by atoms with van der Waals surface area (Å²) in [6.07, 6.45) is 3.75. The third-order valence-electron chi connectivity index (χ3n) is 5.34. The molecule has 1 aliphatic heterocycles. The van der Waals surface area contributed by atoms with Crippen LogP contribution in [0, 0.1) is 12.7 Å². The highest BCUT2D eigenvalue weighted by Gasteiger charge is 2.21. The van der Waals surface area contributed by atoms with Crippen molar-refractivity contribution in [2.75, 3.05) is 38.2 Å². The monoisotopic (exact) mass is 413 g/mol. The van der Waals surface area contributed by atoms with Crippen molar-refractivity contribution in [3.05, 3.63) is 59.5 Å². The zero-order valence-electron chi connectivity index (χ0n) is 18.1. The topological polar surface area (TPSA) is 61.8 Å². The Labute approximate surface area is 178 Å². The van der Waals surface area contributed by atoms with Gasteiger partial charge in [-0.05, 0) is 56.0 Å². The first-order valence-corrected chi connectivity index (χ1v) is 10.6. The first-order chi connectivity index (χ1) is 14.6. The molecule has 0 spiro atoms. The standard InChI is InChI=1S/C23H32FN5O/c1-4-25-23(27-16-21(30-3)18-6-8-19(24)9-7-18)28-20-11-13-29(14-12-20)22-10-5-17(2)15-26-22/h5-10,15,20-21H,4,11-14,16H2,1-3H3,(H2,25,27,28).